The van der Waals surface area contributed by atoms with Crippen molar-refractivity contribution in [2.45, 2.75) is 105 Å². The van der Waals surface area contributed by atoms with Gasteiger partial charge in [0.15, 0.2) is 0 Å². The van der Waals surface area contributed by atoms with E-state index in [2.05, 4.69) is 257 Å². The SMILES string of the molecule is CC(C)(C)c1ccc2c(c1)B1c3cc(C(C)(C)C)ccc3N(c3ccc(C(C)(C)C)cc3-c3ccccc3)c3cc(C(C)(C)C)cc(c31)N2c1ccc(-c2ccc3c(c2)sc2ccccc23)cc1. The molecule has 68 heavy (non-hydrogen) atoms. The molecule has 0 atom stereocenters. The Balaban J connectivity index is 1.19. The number of anilines is 6. The summed E-state index contributed by atoms with van der Waals surface area (Å²) in [6, 6.07) is 63.2. The van der Waals surface area contributed by atoms with Crippen molar-refractivity contribution in [1.29, 1.82) is 0 Å². The summed E-state index contributed by atoms with van der Waals surface area (Å²) in [7, 11) is 0. The van der Waals surface area contributed by atoms with Crippen LogP contribution in [0, 0.1) is 0 Å². The fraction of sp³-hybridized carbons (Fsp3) is 0.250. The van der Waals surface area contributed by atoms with Crippen LogP contribution >= 0.6 is 11.3 Å². The molecular weight excluding hydrogens is 840 g/mol. The fourth-order valence-corrected chi connectivity index (χ4v) is 11.8. The molecule has 0 saturated carbocycles. The second kappa shape index (κ2) is 15.6. The van der Waals surface area contributed by atoms with E-state index in [4.69, 9.17) is 0 Å². The van der Waals surface area contributed by atoms with Gasteiger partial charge in [0.25, 0.3) is 6.71 Å². The highest BCUT2D eigenvalue weighted by Crippen LogP contribution is 2.50. The van der Waals surface area contributed by atoms with Crippen molar-refractivity contribution in [3.63, 3.8) is 0 Å². The minimum Gasteiger partial charge on any atom is -0.311 e. The van der Waals surface area contributed by atoms with Crippen LogP contribution in [-0.4, -0.2) is 6.71 Å². The average Bonchev–Trinajstić information content (AvgIpc) is 3.68. The number of hydrogen-bond donors (Lipinski definition) is 0. The van der Waals surface area contributed by atoms with Crippen LogP contribution in [0.15, 0.2) is 164 Å². The smallest absolute Gasteiger partial charge is 0.252 e. The lowest BCUT2D eigenvalue weighted by atomic mass is 9.33. The van der Waals surface area contributed by atoms with E-state index in [9.17, 15) is 0 Å². The van der Waals surface area contributed by atoms with Crippen molar-refractivity contribution in [1.82, 2.24) is 0 Å². The van der Waals surface area contributed by atoms with Crippen molar-refractivity contribution in [3.05, 3.63) is 186 Å². The Morgan fingerprint density at radius 1 is 0.353 bits per heavy atom. The molecule has 2 aliphatic heterocycles. The summed E-state index contributed by atoms with van der Waals surface area (Å²) in [5.74, 6) is 0. The van der Waals surface area contributed by atoms with E-state index < -0.39 is 0 Å². The molecule has 0 saturated heterocycles. The molecule has 4 heteroatoms. The van der Waals surface area contributed by atoms with Gasteiger partial charge in [-0.15, -0.1) is 11.3 Å². The quantitative estimate of drug-likeness (QED) is 0.162. The summed E-state index contributed by atoms with van der Waals surface area (Å²) < 4.78 is 2.66. The molecule has 0 fully saturated rings. The Morgan fingerprint density at radius 2 is 0.853 bits per heavy atom. The average molecular weight is 903 g/mol. The molecule has 0 N–H and O–H groups in total. The third-order valence-electron chi connectivity index (χ3n) is 14.7. The maximum absolute atomic E-state index is 2.63. The molecule has 0 radical (unpaired) electrons. The van der Waals surface area contributed by atoms with Gasteiger partial charge >= 0.3 is 0 Å². The molecule has 0 unspecified atom stereocenters. The van der Waals surface area contributed by atoms with Gasteiger partial charge in [-0.25, -0.2) is 0 Å². The van der Waals surface area contributed by atoms with Crippen LogP contribution in [0.3, 0.4) is 0 Å². The highest BCUT2D eigenvalue weighted by Gasteiger charge is 2.45. The summed E-state index contributed by atoms with van der Waals surface area (Å²) >= 11 is 1.88. The highest BCUT2D eigenvalue weighted by atomic mass is 32.1. The highest BCUT2D eigenvalue weighted by molar-refractivity contribution is 7.25. The number of rotatable bonds is 4. The lowest BCUT2D eigenvalue weighted by Gasteiger charge is -2.46. The van der Waals surface area contributed by atoms with Crippen LogP contribution in [0.4, 0.5) is 34.1 Å². The van der Waals surface area contributed by atoms with Crippen molar-refractivity contribution >= 4 is 88.7 Å². The van der Waals surface area contributed by atoms with Crippen molar-refractivity contribution in [3.8, 4) is 22.3 Å². The minimum absolute atomic E-state index is 0.0115. The summed E-state index contributed by atoms with van der Waals surface area (Å²) in [6.45, 7) is 28.2. The van der Waals surface area contributed by atoms with Crippen molar-refractivity contribution in [2.75, 3.05) is 9.80 Å². The van der Waals surface area contributed by atoms with E-state index in [1.807, 2.05) is 11.3 Å². The molecule has 0 amide bonds. The van der Waals surface area contributed by atoms with Gasteiger partial charge in [0, 0.05) is 54.2 Å². The van der Waals surface area contributed by atoms with Crippen LogP contribution in [0.2, 0.25) is 0 Å². The lowest BCUT2D eigenvalue weighted by Crippen LogP contribution is -2.62. The molecule has 1 aromatic heterocycles. The summed E-state index contributed by atoms with van der Waals surface area (Å²) in [4.78, 5) is 5.22. The van der Waals surface area contributed by atoms with Gasteiger partial charge < -0.3 is 9.80 Å². The van der Waals surface area contributed by atoms with E-state index >= 15 is 0 Å². The van der Waals surface area contributed by atoms with Gasteiger partial charge in [-0.05, 0) is 138 Å². The molecule has 8 aromatic carbocycles. The number of fused-ring (bicyclic) bond motifs is 7. The second-order valence-corrected chi connectivity index (χ2v) is 24.6. The molecule has 2 aliphatic rings. The Kier molecular flexibility index (Phi) is 10.1. The zero-order chi connectivity index (χ0) is 47.7. The molecule has 3 heterocycles. The van der Waals surface area contributed by atoms with Gasteiger partial charge in [0.05, 0.1) is 5.69 Å². The molecule has 2 nitrogen and oxygen atoms in total. The first kappa shape index (κ1) is 44.2. The first-order valence-corrected chi connectivity index (χ1v) is 25.3. The van der Waals surface area contributed by atoms with Crippen LogP contribution in [-0.2, 0) is 21.7 Å². The van der Waals surface area contributed by atoms with E-state index in [1.54, 1.807) is 0 Å². The monoisotopic (exact) mass is 902 g/mol. The first-order chi connectivity index (χ1) is 32.2. The van der Waals surface area contributed by atoms with Gasteiger partial charge in [-0.3, -0.25) is 0 Å². The third-order valence-corrected chi connectivity index (χ3v) is 15.8. The largest absolute Gasteiger partial charge is 0.311 e. The molecular formula is C64H63BN2S. The van der Waals surface area contributed by atoms with Gasteiger partial charge in [-0.2, -0.15) is 0 Å². The Bertz CT molecular complexity index is 3440. The molecule has 11 rings (SSSR count). The Morgan fingerprint density at radius 3 is 1.46 bits per heavy atom. The van der Waals surface area contributed by atoms with Crippen molar-refractivity contribution < 1.29 is 0 Å². The number of hydrogen-bond acceptors (Lipinski definition) is 3. The maximum Gasteiger partial charge on any atom is 0.252 e. The third kappa shape index (κ3) is 7.39. The molecule has 0 aliphatic carbocycles. The van der Waals surface area contributed by atoms with Crippen LogP contribution < -0.4 is 26.2 Å². The van der Waals surface area contributed by atoms with E-state index in [-0.39, 0.29) is 28.4 Å². The first-order valence-electron chi connectivity index (χ1n) is 24.5. The van der Waals surface area contributed by atoms with Crippen LogP contribution in [0.1, 0.15) is 105 Å². The summed E-state index contributed by atoms with van der Waals surface area (Å²) in [6.07, 6.45) is 0. The lowest BCUT2D eigenvalue weighted by molar-refractivity contribution is 0.589. The van der Waals surface area contributed by atoms with E-state index in [0.29, 0.717) is 0 Å². The Labute approximate surface area is 409 Å². The number of nitrogens with zero attached hydrogens (tertiary/aromatic N) is 2. The van der Waals surface area contributed by atoms with Crippen LogP contribution in [0.25, 0.3) is 42.4 Å². The predicted molar refractivity (Wildman–Crippen MR) is 299 cm³/mol. The Hall–Kier alpha value is -6.36. The molecule has 0 bridgehead atoms. The molecule has 9 aromatic rings. The number of thiophene rings is 1. The summed E-state index contributed by atoms with van der Waals surface area (Å²) in [5.41, 5.74) is 21.4. The fourth-order valence-electron chi connectivity index (χ4n) is 10.7. The van der Waals surface area contributed by atoms with Crippen molar-refractivity contribution in [2.24, 2.45) is 0 Å². The van der Waals surface area contributed by atoms with Gasteiger partial charge in [0.2, 0.25) is 0 Å². The van der Waals surface area contributed by atoms with E-state index in [0.717, 1.165) is 5.69 Å². The molecule has 338 valence electrons. The zero-order valence-corrected chi connectivity index (χ0v) is 42.8. The van der Waals surface area contributed by atoms with Gasteiger partial charge in [0.1, 0.15) is 0 Å². The second-order valence-electron chi connectivity index (χ2n) is 23.5. The number of benzene rings is 8. The maximum atomic E-state index is 2.63. The van der Waals surface area contributed by atoms with Crippen LogP contribution in [0.5, 0.6) is 0 Å². The normalized spacial score (nSPS) is 13.8. The van der Waals surface area contributed by atoms with Gasteiger partial charge in [-0.1, -0.05) is 186 Å². The summed E-state index contributed by atoms with van der Waals surface area (Å²) in [5, 5.41) is 2.66. The minimum atomic E-state index is -0.126. The molecule has 0 spiro atoms. The topological polar surface area (TPSA) is 6.48 Å². The predicted octanol–water partition coefficient (Wildman–Crippen LogP) is 16.7. The standard InChI is InChI=1S/C64H63BN2S/c1-61(2,3)43-25-31-53(50(35-43)41-18-14-13-15-19-41)67-55-33-27-45(63(7,8)9)37-52(55)65-51-36-44(62(4,5)6)26-32-54(51)66(56-38-46(64(10,11)12)39-57(67)60(56)65)47-28-22-40(23-29-47)42-24-30-49-48-20-16-17-21-58(48)68-59(49)34-42/h13-39H,1-12H3. The van der Waals surface area contributed by atoms with E-state index in [1.165, 1.54) is 110 Å². The zero-order valence-electron chi connectivity index (χ0n) is 42.0.